The lowest BCUT2D eigenvalue weighted by Gasteiger charge is -2.26. The minimum atomic E-state index is -4.02. The van der Waals surface area contributed by atoms with Crippen LogP contribution in [0.4, 0.5) is 0 Å². The molecule has 0 radical (unpaired) electrons. The number of nitrogens with two attached hydrogens (primary N) is 2. The summed E-state index contributed by atoms with van der Waals surface area (Å²) in [4.78, 5) is 47.2. The molecule has 9 N–H and O–H groups in total. The number of aromatic amines is 1. The van der Waals surface area contributed by atoms with Gasteiger partial charge in [-0.15, -0.1) is 0 Å². The molecule has 0 saturated carbocycles. The molecular weight excluding hydrogens is 631 g/mol. The number of H-pyrrole nitrogens is 1. The Hall–Kier alpha value is -4.70. The Labute approximate surface area is 271 Å². The molecule has 4 rings (SSSR count). The van der Waals surface area contributed by atoms with E-state index in [1.54, 1.807) is 12.1 Å². The number of benzene rings is 3. The fraction of sp³-hybridized carbons (Fsp3) is 0.226. The summed E-state index contributed by atoms with van der Waals surface area (Å²) in [6.07, 6.45) is 3.08. The number of sulfonamides is 1. The number of imidazole rings is 1. The van der Waals surface area contributed by atoms with Crippen molar-refractivity contribution in [3.63, 3.8) is 0 Å². The van der Waals surface area contributed by atoms with Gasteiger partial charge in [-0.25, -0.2) is 18.5 Å². The summed E-state index contributed by atoms with van der Waals surface area (Å²) in [5.74, 6) is -1.81. The van der Waals surface area contributed by atoms with Crippen molar-refractivity contribution in [3.05, 3.63) is 114 Å². The fourth-order valence-electron chi connectivity index (χ4n) is 4.58. The minimum absolute atomic E-state index is 0.00307. The molecule has 3 amide bonds. The number of amides is 3. The normalized spacial score (nSPS) is 14.0. The second kappa shape index (κ2) is 15.5. The van der Waals surface area contributed by atoms with E-state index >= 15 is 0 Å². The molecule has 0 aliphatic heterocycles. The summed E-state index contributed by atoms with van der Waals surface area (Å²) in [5.41, 5.74) is 8.65. The van der Waals surface area contributed by atoms with E-state index in [-0.39, 0.29) is 35.6 Å². The monoisotopic (exact) mass is 665 g/mol. The molecule has 0 aliphatic rings. The highest BCUT2D eigenvalue weighted by Crippen LogP contribution is 2.22. The average Bonchev–Trinajstić information content (AvgIpc) is 3.56. The van der Waals surface area contributed by atoms with Crippen LogP contribution in [-0.2, 0) is 43.8 Å². The third-order valence-corrected chi connectivity index (χ3v) is 8.58. The minimum Gasteiger partial charge on any atom is -0.508 e. The maximum absolute atomic E-state index is 13.8. The van der Waals surface area contributed by atoms with E-state index < -0.39 is 51.1 Å². The Kier molecular flexibility index (Phi) is 11.5. The molecule has 15 heteroatoms. The van der Waals surface area contributed by atoms with Crippen LogP contribution in [0.25, 0.3) is 0 Å². The second-order valence-corrected chi connectivity index (χ2v) is 12.7. The summed E-state index contributed by atoms with van der Waals surface area (Å²) in [6, 6.07) is 17.6. The van der Waals surface area contributed by atoms with Gasteiger partial charge < -0.3 is 31.8 Å². The number of phenols is 1. The summed E-state index contributed by atoms with van der Waals surface area (Å²) >= 11 is 4.39. The van der Waals surface area contributed by atoms with Gasteiger partial charge in [0.15, 0.2) is 0 Å². The molecule has 13 nitrogen and oxygen atoms in total. The molecule has 2 unspecified atom stereocenters. The van der Waals surface area contributed by atoms with Crippen LogP contribution >= 0.6 is 12.6 Å². The fourth-order valence-corrected chi connectivity index (χ4v) is 5.40. The number of aromatic hydroxyl groups is 1. The number of nitrogens with zero attached hydrogens (tertiary/aromatic N) is 1. The van der Waals surface area contributed by atoms with Gasteiger partial charge in [-0.1, -0.05) is 54.6 Å². The van der Waals surface area contributed by atoms with Crippen LogP contribution in [0, 0.1) is 0 Å². The smallest absolute Gasteiger partial charge is 0.243 e. The predicted molar refractivity (Wildman–Crippen MR) is 174 cm³/mol. The van der Waals surface area contributed by atoms with Crippen LogP contribution in [0.3, 0.4) is 0 Å². The van der Waals surface area contributed by atoms with E-state index in [2.05, 4.69) is 38.5 Å². The highest BCUT2D eigenvalue weighted by molar-refractivity contribution is 7.89. The Bertz CT molecular complexity index is 1740. The molecule has 46 heavy (non-hydrogen) atoms. The number of carbonyl (C=O) groups is 3. The average molecular weight is 666 g/mol. The van der Waals surface area contributed by atoms with Crippen LogP contribution in [-0.4, -0.2) is 58.5 Å². The first kappa shape index (κ1) is 34.2. The third kappa shape index (κ3) is 9.65. The van der Waals surface area contributed by atoms with Crippen LogP contribution in [0.2, 0.25) is 0 Å². The van der Waals surface area contributed by atoms with Crippen LogP contribution in [0.15, 0.2) is 96.3 Å². The number of hydrogen-bond acceptors (Lipinski definition) is 9. The van der Waals surface area contributed by atoms with Gasteiger partial charge >= 0.3 is 0 Å². The molecule has 242 valence electrons. The standard InChI is InChI=1S/C31H35N7O6S2/c32-27(21-7-4-8-24(14-21)46(33,43)44)28(45)31(42)38-25(13-19-9-11-23(39)12-10-19)30(41)37-26(15-22-17-34-18-36-22)29(40)35-16-20-5-2-1-3-6-20/h1-12,14,17-18,25-28,39,45H,13,15-16,32H2,(H,34,36)(H,35,40)(H,37,41)(H,38,42)(H2,33,43,44)/t25?,26?,27-,28-/m1/s1. The SMILES string of the molecule is N[C@H](c1cccc(S(N)(=O)=O)c1)[C@@H](S)C(=O)NC(Cc1ccc(O)cc1)C(=O)NC(Cc1cnc[nH]1)C(=O)NCc1ccccc1. The largest absolute Gasteiger partial charge is 0.508 e. The van der Waals surface area contributed by atoms with E-state index in [0.29, 0.717) is 11.3 Å². The van der Waals surface area contributed by atoms with Crippen molar-refractivity contribution in [3.8, 4) is 5.75 Å². The van der Waals surface area contributed by atoms with Crippen molar-refractivity contribution in [2.24, 2.45) is 10.9 Å². The molecule has 0 fully saturated rings. The molecule has 4 aromatic rings. The molecule has 0 aliphatic carbocycles. The van der Waals surface area contributed by atoms with E-state index in [0.717, 1.165) is 5.56 Å². The topological polar surface area (TPSA) is 222 Å². The number of aromatic nitrogens is 2. The molecule has 0 spiro atoms. The van der Waals surface area contributed by atoms with Crippen molar-refractivity contribution in [2.45, 2.75) is 47.7 Å². The Morgan fingerprint density at radius 1 is 0.870 bits per heavy atom. The van der Waals surface area contributed by atoms with Crippen LogP contribution in [0.5, 0.6) is 5.75 Å². The molecular formula is C31H35N7O6S2. The second-order valence-electron chi connectivity index (χ2n) is 10.6. The van der Waals surface area contributed by atoms with Crippen LogP contribution < -0.4 is 26.8 Å². The molecule has 1 aromatic heterocycles. The maximum Gasteiger partial charge on any atom is 0.243 e. The lowest BCUT2D eigenvalue weighted by Crippen LogP contribution is -2.56. The van der Waals surface area contributed by atoms with Gasteiger partial charge in [-0.2, -0.15) is 12.6 Å². The quantitative estimate of drug-likeness (QED) is 0.0899. The van der Waals surface area contributed by atoms with Gasteiger partial charge in [0.2, 0.25) is 27.7 Å². The molecule has 0 saturated heterocycles. The van der Waals surface area contributed by atoms with E-state index in [1.807, 2.05) is 30.3 Å². The zero-order chi connectivity index (χ0) is 33.3. The summed E-state index contributed by atoms with van der Waals surface area (Å²) in [7, 11) is -4.02. The Balaban J connectivity index is 1.54. The number of thiol groups is 1. The first-order valence-corrected chi connectivity index (χ1v) is 16.2. The van der Waals surface area contributed by atoms with Crippen molar-refractivity contribution >= 4 is 40.4 Å². The van der Waals surface area contributed by atoms with Gasteiger partial charge in [0, 0.05) is 31.3 Å². The number of nitrogens with one attached hydrogen (secondary N) is 4. The Morgan fingerprint density at radius 2 is 1.54 bits per heavy atom. The third-order valence-electron chi connectivity index (χ3n) is 7.11. The number of phenolic OH excluding ortho intramolecular Hbond substituents is 1. The molecule has 3 aromatic carbocycles. The number of carbonyl (C=O) groups excluding carboxylic acids is 3. The molecule has 1 heterocycles. The lowest BCUT2D eigenvalue weighted by molar-refractivity contribution is -0.132. The summed E-state index contributed by atoms with van der Waals surface area (Å²) in [6.45, 7) is 0.231. The first-order chi connectivity index (χ1) is 21.9. The van der Waals surface area contributed by atoms with E-state index in [4.69, 9.17) is 10.9 Å². The summed E-state index contributed by atoms with van der Waals surface area (Å²) in [5, 5.41) is 22.0. The Morgan fingerprint density at radius 3 is 2.20 bits per heavy atom. The van der Waals surface area contributed by atoms with Gasteiger partial charge in [0.05, 0.1) is 22.5 Å². The first-order valence-electron chi connectivity index (χ1n) is 14.1. The van der Waals surface area contributed by atoms with Crippen molar-refractivity contribution < 1.29 is 27.9 Å². The van der Waals surface area contributed by atoms with Crippen molar-refractivity contribution in [2.75, 3.05) is 0 Å². The van der Waals surface area contributed by atoms with Gasteiger partial charge in [-0.05, 0) is 41.0 Å². The van der Waals surface area contributed by atoms with E-state index in [9.17, 15) is 27.9 Å². The molecule has 4 atom stereocenters. The zero-order valence-electron chi connectivity index (χ0n) is 24.5. The van der Waals surface area contributed by atoms with Crippen molar-refractivity contribution in [1.82, 2.24) is 25.9 Å². The number of primary sulfonamides is 1. The summed E-state index contributed by atoms with van der Waals surface area (Å²) < 4.78 is 23.6. The number of rotatable bonds is 14. The van der Waals surface area contributed by atoms with E-state index in [1.165, 1.54) is 48.9 Å². The number of hydrogen-bond donors (Lipinski definition) is 8. The molecule has 0 bridgehead atoms. The highest BCUT2D eigenvalue weighted by Gasteiger charge is 2.31. The maximum atomic E-state index is 13.8. The predicted octanol–water partition coefficient (Wildman–Crippen LogP) is 0.832. The lowest BCUT2D eigenvalue weighted by atomic mass is 10.0. The van der Waals surface area contributed by atoms with Crippen molar-refractivity contribution in [1.29, 1.82) is 0 Å². The highest BCUT2D eigenvalue weighted by atomic mass is 32.2. The van der Waals surface area contributed by atoms with Gasteiger partial charge in [-0.3, -0.25) is 14.4 Å². The van der Waals surface area contributed by atoms with Gasteiger partial charge in [0.25, 0.3) is 0 Å². The van der Waals surface area contributed by atoms with Gasteiger partial charge in [0.1, 0.15) is 17.8 Å². The zero-order valence-corrected chi connectivity index (χ0v) is 26.2. The van der Waals surface area contributed by atoms with Crippen LogP contribution in [0.1, 0.15) is 28.4 Å².